The van der Waals surface area contributed by atoms with Crippen LogP contribution in [0, 0.1) is 17.8 Å². The van der Waals surface area contributed by atoms with Gasteiger partial charge in [-0.2, -0.15) is 0 Å². The maximum absolute atomic E-state index is 12.6. The van der Waals surface area contributed by atoms with Crippen molar-refractivity contribution in [3.8, 4) is 17.2 Å². The van der Waals surface area contributed by atoms with Crippen LogP contribution in [0.2, 0.25) is 0 Å². The number of nitrogens with zero attached hydrogens (tertiary/aromatic N) is 2. The van der Waals surface area contributed by atoms with Crippen molar-refractivity contribution < 1.29 is 32.2 Å². The lowest BCUT2D eigenvalue weighted by molar-refractivity contribution is -0.274. The number of methoxy groups -OCH3 is 1. The van der Waals surface area contributed by atoms with Gasteiger partial charge in [0.1, 0.15) is 5.75 Å². The molecule has 200 valence electrons. The van der Waals surface area contributed by atoms with Crippen LogP contribution in [0.4, 0.5) is 24.8 Å². The first kappa shape index (κ1) is 26.6. The van der Waals surface area contributed by atoms with Gasteiger partial charge in [-0.05, 0) is 54.9 Å². The largest absolute Gasteiger partial charge is 0.573 e. The van der Waals surface area contributed by atoms with Crippen LogP contribution in [0.3, 0.4) is 0 Å². The van der Waals surface area contributed by atoms with E-state index in [1.54, 1.807) is 6.07 Å². The van der Waals surface area contributed by atoms with Gasteiger partial charge in [-0.3, -0.25) is 4.79 Å². The van der Waals surface area contributed by atoms with E-state index in [2.05, 4.69) is 35.4 Å². The second-order valence-electron chi connectivity index (χ2n) is 9.98. The van der Waals surface area contributed by atoms with Crippen molar-refractivity contribution >= 4 is 28.6 Å². The van der Waals surface area contributed by atoms with E-state index in [9.17, 15) is 18.0 Å². The number of carbonyl (C=O) groups excluding carboxylic acids is 1. The molecule has 0 radical (unpaired) electrons. The molecule has 0 bridgehead atoms. The highest BCUT2D eigenvalue weighted by molar-refractivity contribution is 5.85. The molecule has 3 atom stereocenters. The first-order chi connectivity index (χ1) is 17.4. The van der Waals surface area contributed by atoms with E-state index in [-0.39, 0.29) is 17.5 Å². The fourth-order valence-electron chi connectivity index (χ4n) is 5.24. The molecule has 1 aromatic heterocycles. The van der Waals surface area contributed by atoms with Crippen molar-refractivity contribution in [3.63, 3.8) is 0 Å². The summed E-state index contributed by atoms with van der Waals surface area (Å²) in [5, 5.41) is 3.29. The molecular formula is C27H32F3N3O4. The van der Waals surface area contributed by atoms with Crippen molar-refractivity contribution in [3.05, 3.63) is 36.4 Å². The van der Waals surface area contributed by atoms with Crippen molar-refractivity contribution in [1.82, 2.24) is 9.55 Å². The van der Waals surface area contributed by atoms with Crippen LogP contribution in [-0.4, -0.2) is 29.0 Å². The maximum atomic E-state index is 12.6. The number of hydrogen-bond acceptors (Lipinski definition) is 6. The molecule has 0 spiro atoms. The predicted molar refractivity (Wildman–Crippen MR) is 134 cm³/mol. The molecule has 1 aliphatic carbocycles. The van der Waals surface area contributed by atoms with Crippen LogP contribution in [0.25, 0.3) is 11.0 Å². The van der Waals surface area contributed by atoms with Crippen molar-refractivity contribution in [1.29, 1.82) is 0 Å². The second-order valence-corrected chi connectivity index (χ2v) is 9.98. The Balaban J connectivity index is 1.81. The highest BCUT2D eigenvalue weighted by Crippen LogP contribution is 2.45. The minimum Gasteiger partial charge on any atom is -0.493 e. The predicted octanol–water partition coefficient (Wildman–Crippen LogP) is 7.25. The summed E-state index contributed by atoms with van der Waals surface area (Å²) < 4.78 is 54.8. The lowest BCUT2D eigenvalue weighted by Crippen LogP contribution is -2.30. The number of fused-ring (bicyclic) bond motifs is 1. The number of carbonyl (C=O) groups is 1. The van der Waals surface area contributed by atoms with Crippen molar-refractivity contribution in [2.24, 2.45) is 17.8 Å². The van der Waals surface area contributed by atoms with Crippen LogP contribution in [0.5, 0.6) is 17.2 Å². The van der Waals surface area contributed by atoms with Gasteiger partial charge < -0.3 is 24.1 Å². The molecule has 10 heteroatoms. The monoisotopic (exact) mass is 519 g/mol. The normalized spacial score (nSPS) is 20.2. The zero-order valence-corrected chi connectivity index (χ0v) is 21.6. The molecular weight excluding hydrogens is 487 g/mol. The summed E-state index contributed by atoms with van der Waals surface area (Å²) in [5.74, 6) is 1.80. The number of benzene rings is 2. The highest BCUT2D eigenvalue weighted by atomic mass is 19.4. The molecule has 37 heavy (non-hydrogen) atoms. The minimum absolute atomic E-state index is 0.133. The average Bonchev–Trinajstić information content (AvgIpc) is 3.14. The lowest BCUT2D eigenvalue weighted by Gasteiger charge is -2.39. The van der Waals surface area contributed by atoms with Gasteiger partial charge in [-0.15, -0.1) is 13.2 Å². The third kappa shape index (κ3) is 6.11. The number of anilines is 2. The van der Waals surface area contributed by atoms with Crippen molar-refractivity contribution in [2.75, 3.05) is 12.4 Å². The molecule has 0 aliphatic heterocycles. The smallest absolute Gasteiger partial charge is 0.493 e. The summed E-state index contributed by atoms with van der Waals surface area (Å²) in [5.41, 5.74) is 1.98. The zero-order chi connectivity index (χ0) is 26.9. The molecule has 3 aromatic rings. The Bertz CT molecular complexity index is 1250. The standard InChI is InChI=1S/C27H32F3N3O4/c1-15(2)20-11-6-16(3)12-22(20)33-23-14-24(35-5)25(36-17(4)34)13-21(23)32-26(33)31-18-7-9-19(10-8-18)37-27(28,29)30/h7-10,13-16,20,22H,6,11-12H2,1-5H3,(H,31,32)/t16-,20+,22-/m1/s1. The molecule has 0 saturated heterocycles. The van der Waals surface area contributed by atoms with Gasteiger partial charge >= 0.3 is 12.3 Å². The fourth-order valence-corrected chi connectivity index (χ4v) is 5.24. The number of aromatic nitrogens is 2. The molecule has 1 N–H and O–H groups in total. The quantitative estimate of drug-likeness (QED) is 0.262. The van der Waals surface area contributed by atoms with Crippen LogP contribution in [0.15, 0.2) is 36.4 Å². The van der Waals surface area contributed by atoms with E-state index in [1.807, 2.05) is 6.07 Å². The maximum Gasteiger partial charge on any atom is 0.573 e. The second kappa shape index (κ2) is 10.5. The fraction of sp³-hybridized carbons (Fsp3) is 0.481. The van der Waals surface area contributed by atoms with Crippen LogP contribution < -0.4 is 19.5 Å². The summed E-state index contributed by atoms with van der Waals surface area (Å²) in [6.45, 7) is 8.00. The summed E-state index contributed by atoms with van der Waals surface area (Å²) in [7, 11) is 1.51. The Kier molecular flexibility index (Phi) is 7.57. The van der Waals surface area contributed by atoms with Crippen LogP contribution in [0.1, 0.15) is 53.0 Å². The molecule has 1 heterocycles. The molecule has 7 nitrogen and oxygen atoms in total. The SMILES string of the molecule is COc1cc2c(cc1OC(C)=O)nc(Nc1ccc(OC(F)(F)F)cc1)n2[C@@H]1C[C@H](C)CC[C@H]1C(C)C. The van der Waals surface area contributed by atoms with Gasteiger partial charge in [0, 0.05) is 30.8 Å². The van der Waals surface area contributed by atoms with Gasteiger partial charge in [-0.1, -0.05) is 27.2 Å². The van der Waals surface area contributed by atoms with Gasteiger partial charge in [-0.25, -0.2) is 4.98 Å². The Morgan fingerprint density at radius 3 is 2.43 bits per heavy atom. The Morgan fingerprint density at radius 1 is 1.14 bits per heavy atom. The molecule has 1 saturated carbocycles. The molecule has 2 aromatic carbocycles. The first-order valence-electron chi connectivity index (χ1n) is 12.4. The molecule has 4 rings (SSSR count). The third-order valence-corrected chi connectivity index (χ3v) is 6.89. The number of halogens is 3. The number of nitrogens with one attached hydrogen (secondary N) is 1. The van der Waals surface area contributed by atoms with E-state index in [1.165, 1.54) is 38.3 Å². The van der Waals surface area contributed by atoms with Crippen LogP contribution in [-0.2, 0) is 4.79 Å². The van der Waals surface area contributed by atoms with E-state index >= 15 is 0 Å². The Labute approximate surface area is 213 Å². The summed E-state index contributed by atoms with van der Waals surface area (Å²) >= 11 is 0. The lowest BCUT2D eigenvalue weighted by atomic mass is 9.74. The summed E-state index contributed by atoms with van der Waals surface area (Å²) in [6.07, 6.45) is -1.58. The zero-order valence-electron chi connectivity index (χ0n) is 21.6. The van der Waals surface area contributed by atoms with Gasteiger partial charge in [0.25, 0.3) is 0 Å². The van der Waals surface area contributed by atoms with E-state index in [0.717, 1.165) is 24.8 Å². The average molecular weight is 520 g/mol. The number of rotatable bonds is 7. The Hall–Kier alpha value is -3.43. The number of alkyl halides is 3. The number of hydrogen-bond donors (Lipinski definition) is 1. The topological polar surface area (TPSA) is 74.6 Å². The molecule has 1 fully saturated rings. The van der Waals surface area contributed by atoms with E-state index < -0.39 is 12.3 Å². The highest BCUT2D eigenvalue weighted by Gasteiger charge is 2.35. The van der Waals surface area contributed by atoms with Crippen molar-refractivity contribution in [2.45, 2.75) is 59.4 Å². The van der Waals surface area contributed by atoms with Crippen LogP contribution >= 0.6 is 0 Å². The molecule has 0 unspecified atom stereocenters. The van der Waals surface area contributed by atoms with Gasteiger partial charge in [0.15, 0.2) is 11.5 Å². The number of ether oxygens (including phenoxy) is 3. The third-order valence-electron chi connectivity index (χ3n) is 6.89. The summed E-state index contributed by atoms with van der Waals surface area (Å²) in [4.78, 5) is 16.5. The molecule has 1 aliphatic rings. The first-order valence-corrected chi connectivity index (χ1v) is 12.4. The minimum atomic E-state index is -4.76. The van der Waals surface area contributed by atoms with E-state index in [4.69, 9.17) is 14.5 Å². The van der Waals surface area contributed by atoms with Gasteiger partial charge in [0.05, 0.1) is 18.1 Å². The number of esters is 1. The van der Waals surface area contributed by atoms with E-state index in [0.29, 0.717) is 40.7 Å². The number of imidazole rings is 1. The van der Waals surface area contributed by atoms with Gasteiger partial charge in [0.2, 0.25) is 5.95 Å². The summed E-state index contributed by atoms with van der Waals surface area (Å²) in [6, 6.07) is 9.16. The molecule has 0 amide bonds. The Morgan fingerprint density at radius 2 is 1.84 bits per heavy atom.